The SMILES string of the molecule is C[C@H](NOCC1(c2ccc(F)cc2)CCNCC1)c1ccc(F)cc1. The van der Waals surface area contributed by atoms with E-state index in [0.29, 0.717) is 6.61 Å². The Morgan fingerprint density at radius 1 is 1.00 bits per heavy atom. The minimum Gasteiger partial charge on any atom is -0.317 e. The molecule has 1 saturated heterocycles. The van der Waals surface area contributed by atoms with Crippen LogP contribution in [0.3, 0.4) is 0 Å². The first-order valence-corrected chi connectivity index (χ1v) is 8.69. The van der Waals surface area contributed by atoms with Gasteiger partial charge < -0.3 is 10.2 Å². The monoisotopic (exact) mass is 346 g/mol. The van der Waals surface area contributed by atoms with Crippen molar-refractivity contribution in [1.82, 2.24) is 10.8 Å². The molecule has 0 spiro atoms. The zero-order valence-corrected chi connectivity index (χ0v) is 14.4. The smallest absolute Gasteiger partial charge is 0.123 e. The lowest BCUT2D eigenvalue weighted by Crippen LogP contribution is -2.44. The molecule has 1 aliphatic heterocycles. The van der Waals surface area contributed by atoms with Crippen molar-refractivity contribution in [3.63, 3.8) is 0 Å². The first kappa shape index (κ1) is 18.0. The molecule has 0 aromatic heterocycles. The molecule has 2 aromatic carbocycles. The summed E-state index contributed by atoms with van der Waals surface area (Å²) in [5.74, 6) is -0.473. The molecule has 0 unspecified atom stereocenters. The summed E-state index contributed by atoms with van der Waals surface area (Å²) in [6.45, 7) is 4.30. The second-order valence-electron chi connectivity index (χ2n) is 6.72. The molecule has 5 heteroatoms. The Morgan fingerprint density at radius 3 is 2.16 bits per heavy atom. The fourth-order valence-electron chi connectivity index (χ4n) is 3.35. The van der Waals surface area contributed by atoms with Gasteiger partial charge in [-0.15, -0.1) is 0 Å². The number of halogens is 2. The number of rotatable bonds is 6. The summed E-state index contributed by atoms with van der Waals surface area (Å²) in [5.41, 5.74) is 4.99. The first-order chi connectivity index (χ1) is 12.1. The van der Waals surface area contributed by atoms with Crippen LogP contribution >= 0.6 is 0 Å². The predicted octanol–water partition coefficient (Wildman–Crippen LogP) is 3.87. The maximum Gasteiger partial charge on any atom is 0.123 e. The summed E-state index contributed by atoms with van der Waals surface area (Å²) in [6, 6.07) is 13.1. The molecule has 0 radical (unpaired) electrons. The van der Waals surface area contributed by atoms with Gasteiger partial charge in [-0.3, -0.25) is 0 Å². The van der Waals surface area contributed by atoms with Crippen molar-refractivity contribution < 1.29 is 13.6 Å². The van der Waals surface area contributed by atoms with Crippen molar-refractivity contribution in [2.75, 3.05) is 19.7 Å². The molecule has 0 saturated carbocycles. The van der Waals surface area contributed by atoms with Crippen LogP contribution in [0.5, 0.6) is 0 Å². The third-order valence-electron chi connectivity index (χ3n) is 5.00. The average molecular weight is 346 g/mol. The largest absolute Gasteiger partial charge is 0.317 e. The number of nitrogens with one attached hydrogen (secondary N) is 2. The highest BCUT2D eigenvalue weighted by Crippen LogP contribution is 2.34. The molecular weight excluding hydrogens is 322 g/mol. The van der Waals surface area contributed by atoms with Gasteiger partial charge in [-0.2, -0.15) is 5.48 Å². The van der Waals surface area contributed by atoms with Crippen LogP contribution in [0, 0.1) is 11.6 Å². The highest BCUT2D eigenvalue weighted by Gasteiger charge is 2.34. The number of hydroxylamine groups is 1. The summed E-state index contributed by atoms with van der Waals surface area (Å²) in [7, 11) is 0. The second kappa shape index (κ2) is 8.04. The highest BCUT2D eigenvalue weighted by atomic mass is 19.1. The van der Waals surface area contributed by atoms with E-state index in [1.54, 1.807) is 12.1 Å². The van der Waals surface area contributed by atoms with Gasteiger partial charge in [0.1, 0.15) is 11.6 Å². The molecular formula is C20H24F2N2O. The van der Waals surface area contributed by atoms with E-state index < -0.39 is 0 Å². The molecule has 0 amide bonds. The van der Waals surface area contributed by atoms with Crippen LogP contribution in [0.4, 0.5) is 8.78 Å². The fraction of sp³-hybridized carbons (Fsp3) is 0.400. The van der Waals surface area contributed by atoms with Gasteiger partial charge in [-0.1, -0.05) is 24.3 Å². The summed E-state index contributed by atoms with van der Waals surface area (Å²) >= 11 is 0. The van der Waals surface area contributed by atoms with Gasteiger partial charge in [-0.25, -0.2) is 8.78 Å². The Hall–Kier alpha value is -1.82. The van der Waals surface area contributed by atoms with Crippen LogP contribution in [-0.2, 0) is 10.3 Å². The van der Waals surface area contributed by atoms with Crippen molar-refractivity contribution >= 4 is 0 Å². The Bertz CT molecular complexity index is 667. The lowest BCUT2D eigenvalue weighted by molar-refractivity contribution is -0.0196. The fourth-order valence-corrected chi connectivity index (χ4v) is 3.35. The standard InChI is InChI=1S/C20H24F2N2O/c1-15(16-2-6-18(21)7-3-16)24-25-14-20(10-12-23-13-11-20)17-4-8-19(22)9-5-17/h2-9,15,23-24H,10-14H2,1H3/t15-/m0/s1. The molecule has 3 rings (SSSR count). The van der Waals surface area contributed by atoms with E-state index in [0.717, 1.165) is 37.1 Å². The van der Waals surface area contributed by atoms with Crippen molar-refractivity contribution in [3.8, 4) is 0 Å². The number of hydrogen-bond acceptors (Lipinski definition) is 3. The molecule has 0 aliphatic carbocycles. The van der Waals surface area contributed by atoms with Crippen molar-refractivity contribution in [1.29, 1.82) is 0 Å². The molecule has 25 heavy (non-hydrogen) atoms. The van der Waals surface area contributed by atoms with E-state index in [1.165, 1.54) is 24.3 Å². The number of benzene rings is 2. The summed E-state index contributed by atoms with van der Waals surface area (Å²) in [5, 5.41) is 3.37. The highest BCUT2D eigenvalue weighted by molar-refractivity contribution is 5.27. The van der Waals surface area contributed by atoms with Crippen LogP contribution in [0.2, 0.25) is 0 Å². The molecule has 2 aromatic rings. The molecule has 3 nitrogen and oxygen atoms in total. The lowest BCUT2D eigenvalue weighted by Gasteiger charge is -2.38. The molecule has 2 N–H and O–H groups in total. The van der Waals surface area contributed by atoms with Gasteiger partial charge in [0.15, 0.2) is 0 Å². The van der Waals surface area contributed by atoms with Gasteiger partial charge in [0.25, 0.3) is 0 Å². The normalized spacial score (nSPS) is 18.0. The van der Waals surface area contributed by atoms with Crippen LogP contribution < -0.4 is 10.8 Å². The topological polar surface area (TPSA) is 33.3 Å². The van der Waals surface area contributed by atoms with Crippen LogP contribution in [0.1, 0.15) is 36.9 Å². The predicted molar refractivity (Wildman–Crippen MR) is 94.1 cm³/mol. The molecule has 1 aliphatic rings. The van der Waals surface area contributed by atoms with Gasteiger partial charge in [-0.05, 0) is 68.2 Å². The van der Waals surface area contributed by atoms with Gasteiger partial charge in [0.2, 0.25) is 0 Å². The van der Waals surface area contributed by atoms with E-state index >= 15 is 0 Å². The zero-order chi connectivity index (χ0) is 17.7. The third kappa shape index (κ3) is 4.42. The Labute approximate surface area is 147 Å². The van der Waals surface area contributed by atoms with Crippen LogP contribution in [0.15, 0.2) is 48.5 Å². The second-order valence-corrected chi connectivity index (χ2v) is 6.72. The van der Waals surface area contributed by atoms with E-state index in [-0.39, 0.29) is 23.1 Å². The van der Waals surface area contributed by atoms with Gasteiger partial charge >= 0.3 is 0 Å². The maximum absolute atomic E-state index is 13.3. The van der Waals surface area contributed by atoms with E-state index in [9.17, 15) is 8.78 Å². The van der Waals surface area contributed by atoms with Gasteiger partial charge in [0, 0.05) is 5.41 Å². The van der Waals surface area contributed by atoms with Crippen LogP contribution in [0.25, 0.3) is 0 Å². The maximum atomic E-state index is 13.3. The average Bonchev–Trinajstić information content (AvgIpc) is 2.63. The van der Waals surface area contributed by atoms with Crippen LogP contribution in [-0.4, -0.2) is 19.7 Å². The van der Waals surface area contributed by atoms with E-state index in [4.69, 9.17) is 4.84 Å². The van der Waals surface area contributed by atoms with Crippen molar-refractivity contribution in [3.05, 3.63) is 71.3 Å². The molecule has 1 heterocycles. The number of hydrogen-bond donors (Lipinski definition) is 2. The van der Waals surface area contributed by atoms with Crippen molar-refractivity contribution in [2.24, 2.45) is 0 Å². The summed E-state index contributed by atoms with van der Waals surface area (Å²) in [6.07, 6.45) is 1.87. The molecule has 134 valence electrons. The number of piperidine rings is 1. The van der Waals surface area contributed by atoms with Gasteiger partial charge in [0.05, 0.1) is 12.6 Å². The van der Waals surface area contributed by atoms with Crippen molar-refractivity contribution in [2.45, 2.75) is 31.2 Å². The molecule has 1 fully saturated rings. The Balaban J connectivity index is 1.65. The summed E-state index contributed by atoms with van der Waals surface area (Å²) in [4.78, 5) is 5.84. The zero-order valence-electron chi connectivity index (χ0n) is 14.4. The minimum atomic E-state index is -0.248. The molecule has 1 atom stereocenters. The Morgan fingerprint density at radius 2 is 1.56 bits per heavy atom. The first-order valence-electron chi connectivity index (χ1n) is 8.69. The third-order valence-corrected chi connectivity index (χ3v) is 5.00. The quantitative estimate of drug-likeness (QED) is 0.779. The minimum absolute atomic E-state index is 0.0485. The van der Waals surface area contributed by atoms with E-state index in [2.05, 4.69) is 10.8 Å². The summed E-state index contributed by atoms with van der Waals surface area (Å²) < 4.78 is 26.3. The lowest BCUT2D eigenvalue weighted by atomic mass is 9.74. The molecule has 0 bridgehead atoms. The Kier molecular flexibility index (Phi) is 5.78. The van der Waals surface area contributed by atoms with E-state index in [1.807, 2.05) is 19.1 Å².